The predicted octanol–water partition coefficient (Wildman–Crippen LogP) is 1.98. The van der Waals surface area contributed by atoms with Crippen LogP contribution in [-0.4, -0.2) is 38.0 Å². The van der Waals surface area contributed by atoms with Crippen LogP contribution in [0.1, 0.15) is 12.0 Å². The average molecular weight is 229 g/mol. The minimum Gasteiger partial charge on any atom is -0.359 e. The standard InChI is InChI=1S/C14H19N3/c1-15-14(16-2)17-10-8-13(9-11-17)12-6-4-3-5-7-12/h3-8H,9-11H2,1-2H3,(H,15,16). The molecule has 0 bridgehead atoms. The Labute approximate surface area is 103 Å². The van der Waals surface area contributed by atoms with Crippen LogP contribution in [0.3, 0.4) is 0 Å². The van der Waals surface area contributed by atoms with Gasteiger partial charge in [0.05, 0.1) is 0 Å². The molecule has 1 aromatic carbocycles. The summed E-state index contributed by atoms with van der Waals surface area (Å²) in [6, 6.07) is 10.6. The number of nitrogens with zero attached hydrogens (tertiary/aromatic N) is 2. The molecule has 1 aromatic rings. The normalized spacial score (nSPS) is 16.7. The zero-order valence-electron chi connectivity index (χ0n) is 10.5. The van der Waals surface area contributed by atoms with Gasteiger partial charge in [0.1, 0.15) is 0 Å². The number of nitrogens with one attached hydrogen (secondary N) is 1. The van der Waals surface area contributed by atoms with E-state index >= 15 is 0 Å². The highest BCUT2D eigenvalue weighted by Crippen LogP contribution is 2.21. The van der Waals surface area contributed by atoms with E-state index in [9.17, 15) is 0 Å². The number of hydrogen-bond acceptors (Lipinski definition) is 1. The molecular weight excluding hydrogens is 210 g/mol. The van der Waals surface area contributed by atoms with Gasteiger partial charge in [0.15, 0.2) is 5.96 Å². The smallest absolute Gasteiger partial charge is 0.193 e. The second-order valence-electron chi connectivity index (χ2n) is 4.09. The minimum absolute atomic E-state index is 0.928. The maximum absolute atomic E-state index is 4.23. The van der Waals surface area contributed by atoms with E-state index in [-0.39, 0.29) is 0 Å². The number of guanidine groups is 1. The van der Waals surface area contributed by atoms with Crippen molar-refractivity contribution >= 4 is 11.5 Å². The van der Waals surface area contributed by atoms with Crippen molar-refractivity contribution in [2.24, 2.45) is 4.99 Å². The molecule has 0 atom stereocenters. The van der Waals surface area contributed by atoms with Gasteiger partial charge >= 0.3 is 0 Å². The van der Waals surface area contributed by atoms with Gasteiger partial charge in [0, 0.05) is 27.2 Å². The van der Waals surface area contributed by atoms with Gasteiger partial charge in [-0.25, -0.2) is 0 Å². The van der Waals surface area contributed by atoms with Gasteiger partial charge in [0.25, 0.3) is 0 Å². The van der Waals surface area contributed by atoms with Crippen molar-refractivity contribution in [3.63, 3.8) is 0 Å². The van der Waals surface area contributed by atoms with Crippen LogP contribution in [0.25, 0.3) is 5.57 Å². The quantitative estimate of drug-likeness (QED) is 0.589. The van der Waals surface area contributed by atoms with Gasteiger partial charge in [-0.1, -0.05) is 36.4 Å². The fourth-order valence-electron chi connectivity index (χ4n) is 2.19. The SMILES string of the molecule is CN=C(NC)N1CC=C(c2ccccc2)CC1. The van der Waals surface area contributed by atoms with E-state index in [2.05, 4.69) is 51.6 Å². The second-order valence-corrected chi connectivity index (χ2v) is 4.09. The summed E-state index contributed by atoms with van der Waals surface area (Å²) in [6.45, 7) is 1.95. The van der Waals surface area contributed by atoms with Crippen LogP contribution in [0.4, 0.5) is 0 Å². The number of benzene rings is 1. The third kappa shape index (κ3) is 2.67. The maximum Gasteiger partial charge on any atom is 0.193 e. The van der Waals surface area contributed by atoms with Crippen molar-refractivity contribution < 1.29 is 0 Å². The first-order valence-corrected chi connectivity index (χ1v) is 5.99. The molecule has 17 heavy (non-hydrogen) atoms. The molecule has 3 heteroatoms. The Morgan fingerprint density at radius 1 is 1.29 bits per heavy atom. The van der Waals surface area contributed by atoms with Crippen LogP contribution < -0.4 is 5.32 Å². The molecule has 1 N–H and O–H groups in total. The monoisotopic (exact) mass is 229 g/mol. The van der Waals surface area contributed by atoms with Gasteiger partial charge in [-0.05, 0) is 17.6 Å². The topological polar surface area (TPSA) is 27.6 Å². The number of aliphatic imine (C=N–C) groups is 1. The van der Waals surface area contributed by atoms with Crippen LogP contribution in [0.5, 0.6) is 0 Å². The Kier molecular flexibility index (Phi) is 3.81. The Morgan fingerprint density at radius 2 is 2.06 bits per heavy atom. The van der Waals surface area contributed by atoms with E-state index in [4.69, 9.17) is 0 Å². The summed E-state index contributed by atoms with van der Waals surface area (Å²) in [4.78, 5) is 6.49. The van der Waals surface area contributed by atoms with E-state index in [1.54, 1.807) is 0 Å². The molecule has 0 unspecified atom stereocenters. The molecule has 0 saturated heterocycles. The van der Waals surface area contributed by atoms with Gasteiger partial charge in [-0.3, -0.25) is 4.99 Å². The molecule has 1 aliphatic rings. The second kappa shape index (κ2) is 5.53. The third-order valence-electron chi connectivity index (χ3n) is 3.09. The molecule has 3 nitrogen and oxygen atoms in total. The highest BCUT2D eigenvalue weighted by atomic mass is 15.3. The lowest BCUT2D eigenvalue weighted by Gasteiger charge is -2.29. The summed E-state index contributed by atoms with van der Waals surface area (Å²) in [5.74, 6) is 0.966. The fraction of sp³-hybridized carbons (Fsp3) is 0.357. The molecule has 0 fully saturated rings. The van der Waals surface area contributed by atoms with Crippen molar-refractivity contribution in [3.8, 4) is 0 Å². The lowest BCUT2D eigenvalue weighted by Crippen LogP contribution is -2.41. The van der Waals surface area contributed by atoms with Gasteiger partial charge < -0.3 is 10.2 Å². The average Bonchev–Trinajstić information content (AvgIpc) is 2.42. The van der Waals surface area contributed by atoms with Crippen LogP contribution >= 0.6 is 0 Å². The highest BCUT2D eigenvalue weighted by molar-refractivity contribution is 5.81. The van der Waals surface area contributed by atoms with Crippen molar-refractivity contribution in [1.82, 2.24) is 10.2 Å². The summed E-state index contributed by atoms with van der Waals surface area (Å²) < 4.78 is 0. The van der Waals surface area contributed by atoms with E-state index in [1.165, 1.54) is 11.1 Å². The highest BCUT2D eigenvalue weighted by Gasteiger charge is 2.14. The van der Waals surface area contributed by atoms with Gasteiger partial charge in [-0.2, -0.15) is 0 Å². The predicted molar refractivity (Wildman–Crippen MR) is 73.0 cm³/mol. The first-order valence-electron chi connectivity index (χ1n) is 5.99. The van der Waals surface area contributed by atoms with Gasteiger partial charge in [0.2, 0.25) is 0 Å². The number of hydrogen-bond donors (Lipinski definition) is 1. The molecule has 1 aliphatic heterocycles. The fourth-order valence-corrected chi connectivity index (χ4v) is 2.19. The zero-order chi connectivity index (χ0) is 12.1. The maximum atomic E-state index is 4.23. The van der Waals surface area contributed by atoms with Crippen molar-refractivity contribution in [2.75, 3.05) is 27.2 Å². The number of rotatable bonds is 1. The molecular formula is C14H19N3. The van der Waals surface area contributed by atoms with Crippen LogP contribution in [0.2, 0.25) is 0 Å². The first-order chi connectivity index (χ1) is 8.35. The molecule has 0 amide bonds. The summed E-state index contributed by atoms with van der Waals surface area (Å²) in [7, 11) is 3.74. The van der Waals surface area contributed by atoms with Crippen LogP contribution in [0.15, 0.2) is 41.4 Å². The largest absolute Gasteiger partial charge is 0.359 e. The Morgan fingerprint density at radius 3 is 2.59 bits per heavy atom. The molecule has 2 rings (SSSR count). The van der Waals surface area contributed by atoms with Crippen LogP contribution in [-0.2, 0) is 0 Å². The van der Waals surface area contributed by atoms with Crippen molar-refractivity contribution in [3.05, 3.63) is 42.0 Å². The van der Waals surface area contributed by atoms with E-state index in [0.717, 1.165) is 25.5 Å². The molecule has 0 radical (unpaired) electrons. The lowest BCUT2D eigenvalue weighted by atomic mass is 10.00. The minimum atomic E-state index is 0.928. The Hall–Kier alpha value is -1.77. The van der Waals surface area contributed by atoms with Crippen molar-refractivity contribution in [2.45, 2.75) is 6.42 Å². The van der Waals surface area contributed by atoms with E-state index in [1.807, 2.05) is 14.1 Å². The first kappa shape index (κ1) is 11.7. The summed E-state index contributed by atoms with van der Waals surface area (Å²) in [5.41, 5.74) is 2.78. The molecule has 0 saturated carbocycles. The van der Waals surface area contributed by atoms with Gasteiger partial charge in [-0.15, -0.1) is 0 Å². The summed E-state index contributed by atoms with van der Waals surface area (Å²) in [5, 5.41) is 3.12. The summed E-state index contributed by atoms with van der Waals surface area (Å²) in [6.07, 6.45) is 3.37. The molecule has 0 aromatic heterocycles. The molecule has 0 spiro atoms. The van der Waals surface area contributed by atoms with Crippen LogP contribution in [0, 0.1) is 0 Å². The molecule has 0 aliphatic carbocycles. The van der Waals surface area contributed by atoms with E-state index < -0.39 is 0 Å². The Balaban J connectivity index is 2.08. The zero-order valence-corrected chi connectivity index (χ0v) is 10.5. The third-order valence-corrected chi connectivity index (χ3v) is 3.09. The lowest BCUT2D eigenvalue weighted by molar-refractivity contribution is 0.445. The molecule has 90 valence electrons. The van der Waals surface area contributed by atoms with Crippen molar-refractivity contribution in [1.29, 1.82) is 0 Å². The Bertz CT molecular complexity index is 420. The molecule has 1 heterocycles. The van der Waals surface area contributed by atoms with E-state index in [0.29, 0.717) is 0 Å². The summed E-state index contributed by atoms with van der Waals surface area (Å²) >= 11 is 0.